The van der Waals surface area contributed by atoms with Crippen molar-refractivity contribution >= 4 is 40.2 Å². The van der Waals surface area contributed by atoms with E-state index in [2.05, 4.69) is 20.6 Å². The van der Waals surface area contributed by atoms with Crippen LogP contribution in [0.2, 0.25) is 0 Å². The second kappa shape index (κ2) is 8.50. The number of carbonyl (C=O) groups is 3. The molecule has 8 heteroatoms. The number of hydrogen-bond acceptors (Lipinski definition) is 5. The number of ether oxygens (including phenoxy) is 1. The number of hydrogen-bond donors (Lipinski definition) is 3. The number of amides is 2. The summed E-state index contributed by atoms with van der Waals surface area (Å²) in [7, 11) is 0. The summed E-state index contributed by atoms with van der Waals surface area (Å²) < 4.78 is 5.01. The van der Waals surface area contributed by atoms with Crippen LogP contribution < -0.4 is 15.4 Å². The highest BCUT2D eigenvalue weighted by Crippen LogP contribution is 2.20. The van der Waals surface area contributed by atoms with E-state index < -0.39 is 5.97 Å². The smallest absolute Gasteiger partial charge is 0.308 e. The molecule has 1 aromatic heterocycles. The Morgan fingerprint density at radius 2 is 1.52 bits per heavy atom. The summed E-state index contributed by atoms with van der Waals surface area (Å²) in [6.07, 6.45) is 1.57. The second-order valence-corrected chi connectivity index (χ2v) is 6.74. The van der Waals surface area contributed by atoms with Gasteiger partial charge < -0.3 is 20.4 Å². The van der Waals surface area contributed by atoms with E-state index >= 15 is 0 Å². The van der Waals surface area contributed by atoms with Crippen LogP contribution in [0.15, 0.2) is 73.1 Å². The number of esters is 1. The van der Waals surface area contributed by atoms with Gasteiger partial charge in [-0.3, -0.25) is 14.4 Å². The summed E-state index contributed by atoms with van der Waals surface area (Å²) in [5.74, 6) is -0.834. The minimum atomic E-state index is -0.465. The van der Waals surface area contributed by atoms with Crippen molar-refractivity contribution in [1.29, 1.82) is 0 Å². The van der Waals surface area contributed by atoms with Gasteiger partial charge in [-0.15, -0.1) is 0 Å². The lowest BCUT2D eigenvalue weighted by atomic mass is 10.1. The van der Waals surface area contributed by atoms with Gasteiger partial charge in [0.05, 0.1) is 17.4 Å². The maximum absolute atomic E-state index is 12.6. The van der Waals surface area contributed by atoms with Crippen LogP contribution in [0.3, 0.4) is 0 Å². The molecule has 4 aromatic rings. The average Bonchev–Trinajstić information content (AvgIpc) is 3.21. The summed E-state index contributed by atoms with van der Waals surface area (Å²) in [5, 5.41) is 5.59. The first-order chi connectivity index (χ1) is 15.0. The standard InChI is InChI=1S/C23H18N4O4/c1-14(28)31-19-7-2-4-15(10-19)22(29)26-17-5-3-6-18(12-17)27-23(30)16-8-9-20-21(11-16)25-13-24-20/h2-13H,1H3,(H,24,25)(H,26,29)(H,27,30). The maximum atomic E-state index is 12.6. The molecule has 1 heterocycles. The van der Waals surface area contributed by atoms with Crippen LogP contribution in [-0.4, -0.2) is 27.8 Å². The number of aromatic amines is 1. The molecule has 0 saturated heterocycles. The van der Waals surface area contributed by atoms with Gasteiger partial charge in [-0.05, 0) is 54.6 Å². The number of aromatic nitrogens is 2. The van der Waals surface area contributed by atoms with Gasteiger partial charge >= 0.3 is 5.97 Å². The summed E-state index contributed by atoms with van der Waals surface area (Å²) in [5.41, 5.74) is 3.39. The van der Waals surface area contributed by atoms with Crippen LogP contribution in [0, 0.1) is 0 Å². The van der Waals surface area contributed by atoms with Crippen LogP contribution in [0.25, 0.3) is 11.0 Å². The van der Waals surface area contributed by atoms with E-state index in [1.807, 2.05) is 0 Å². The number of nitrogens with zero attached hydrogens (tertiary/aromatic N) is 1. The molecule has 31 heavy (non-hydrogen) atoms. The molecule has 0 spiro atoms. The van der Waals surface area contributed by atoms with Crippen LogP contribution in [-0.2, 0) is 4.79 Å². The lowest BCUT2D eigenvalue weighted by Crippen LogP contribution is -2.14. The fraction of sp³-hybridized carbons (Fsp3) is 0.0435. The van der Waals surface area contributed by atoms with Gasteiger partial charge in [-0.2, -0.15) is 0 Å². The van der Waals surface area contributed by atoms with Crippen molar-refractivity contribution in [3.63, 3.8) is 0 Å². The zero-order valence-electron chi connectivity index (χ0n) is 16.5. The zero-order valence-corrected chi connectivity index (χ0v) is 16.5. The SMILES string of the molecule is CC(=O)Oc1cccc(C(=O)Nc2cccc(NC(=O)c3ccc4nc[nH]c4c3)c2)c1. The first kappa shape index (κ1) is 19.8. The number of rotatable bonds is 5. The first-order valence-electron chi connectivity index (χ1n) is 9.42. The summed E-state index contributed by atoms with van der Waals surface area (Å²) in [4.78, 5) is 43.4. The zero-order chi connectivity index (χ0) is 21.8. The highest BCUT2D eigenvalue weighted by Gasteiger charge is 2.11. The quantitative estimate of drug-likeness (QED) is 0.338. The molecule has 0 aliphatic carbocycles. The van der Waals surface area contributed by atoms with Crippen LogP contribution >= 0.6 is 0 Å². The minimum Gasteiger partial charge on any atom is -0.427 e. The van der Waals surface area contributed by atoms with Crippen molar-refractivity contribution in [1.82, 2.24) is 9.97 Å². The Bertz CT molecular complexity index is 1300. The molecule has 0 saturated carbocycles. The largest absolute Gasteiger partial charge is 0.427 e. The molecule has 2 amide bonds. The molecular formula is C23H18N4O4. The Labute approximate surface area is 177 Å². The molecule has 0 fully saturated rings. The molecule has 0 unspecified atom stereocenters. The lowest BCUT2D eigenvalue weighted by molar-refractivity contribution is -0.131. The van der Waals surface area contributed by atoms with E-state index in [0.29, 0.717) is 22.5 Å². The molecule has 0 atom stereocenters. The molecule has 0 bridgehead atoms. The topological polar surface area (TPSA) is 113 Å². The monoisotopic (exact) mass is 414 g/mol. The first-order valence-corrected chi connectivity index (χ1v) is 9.42. The van der Waals surface area contributed by atoms with Crippen molar-refractivity contribution in [2.45, 2.75) is 6.92 Å². The average molecular weight is 414 g/mol. The third-order valence-electron chi connectivity index (χ3n) is 4.42. The number of imidazole rings is 1. The van der Waals surface area contributed by atoms with Crippen molar-refractivity contribution in [2.75, 3.05) is 10.6 Å². The van der Waals surface area contributed by atoms with E-state index in [-0.39, 0.29) is 17.6 Å². The molecule has 8 nitrogen and oxygen atoms in total. The molecule has 4 rings (SSSR count). The Hall–Kier alpha value is -4.46. The minimum absolute atomic E-state index is 0.283. The van der Waals surface area contributed by atoms with Gasteiger partial charge in [-0.1, -0.05) is 12.1 Å². The Balaban J connectivity index is 1.46. The molecule has 0 radical (unpaired) electrons. The third kappa shape index (κ3) is 4.76. The number of H-pyrrole nitrogens is 1. The fourth-order valence-corrected chi connectivity index (χ4v) is 3.02. The van der Waals surface area contributed by atoms with Crippen molar-refractivity contribution in [3.8, 4) is 5.75 Å². The second-order valence-electron chi connectivity index (χ2n) is 6.74. The summed E-state index contributed by atoms with van der Waals surface area (Å²) in [6.45, 7) is 1.29. The summed E-state index contributed by atoms with van der Waals surface area (Å²) >= 11 is 0. The Morgan fingerprint density at radius 1 is 0.839 bits per heavy atom. The third-order valence-corrected chi connectivity index (χ3v) is 4.42. The highest BCUT2D eigenvalue weighted by atomic mass is 16.5. The normalized spacial score (nSPS) is 10.5. The fourth-order valence-electron chi connectivity index (χ4n) is 3.02. The van der Waals surface area contributed by atoms with Crippen molar-refractivity contribution in [2.24, 2.45) is 0 Å². The van der Waals surface area contributed by atoms with Gasteiger partial charge in [0.15, 0.2) is 0 Å². The number of carbonyl (C=O) groups excluding carboxylic acids is 3. The molecule has 0 aliphatic heterocycles. The molecule has 154 valence electrons. The van der Waals surface area contributed by atoms with Crippen molar-refractivity contribution < 1.29 is 19.1 Å². The number of fused-ring (bicyclic) bond motifs is 1. The van der Waals surface area contributed by atoms with Crippen LogP contribution in [0.1, 0.15) is 27.6 Å². The van der Waals surface area contributed by atoms with Gasteiger partial charge in [-0.25, -0.2) is 4.98 Å². The number of anilines is 2. The van der Waals surface area contributed by atoms with E-state index in [1.54, 1.807) is 67.0 Å². The van der Waals surface area contributed by atoms with E-state index in [0.717, 1.165) is 11.0 Å². The molecule has 3 N–H and O–H groups in total. The highest BCUT2D eigenvalue weighted by molar-refractivity contribution is 6.07. The van der Waals surface area contributed by atoms with E-state index in [9.17, 15) is 14.4 Å². The van der Waals surface area contributed by atoms with Gasteiger partial charge in [0, 0.05) is 29.4 Å². The van der Waals surface area contributed by atoms with Crippen molar-refractivity contribution in [3.05, 3.63) is 84.2 Å². The molecule has 0 aliphatic rings. The van der Waals surface area contributed by atoms with Gasteiger partial charge in [0.1, 0.15) is 5.75 Å². The predicted octanol–water partition coefficient (Wildman–Crippen LogP) is 3.99. The Kier molecular flexibility index (Phi) is 5.44. The van der Waals surface area contributed by atoms with E-state index in [4.69, 9.17) is 4.74 Å². The van der Waals surface area contributed by atoms with Crippen LogP contribution in [0.4, 0.5) is 11.4 Å². The van der Waals surface area contributed by atoms with Gasteiger partial charge in [0.25, 0.3) is 11.8 Å². The summed E-state index contributed by atoms with van der Waals surface area (Å²) in [6, 6.07) is 18.3. The number of nitrogens with one attached hydrogen (secondary N) is 3. The number of benzene rings is 3. The predicted molar refractivity (Wildman–Crippen MR) is 116 cm³/mol. The van der Waals surface area contributed by atoms with Crippen LogP contribution in [0.5, 0.6) is 5.75 Å². The lowest BCUT2D eigenvalue weighted by Gasteiger charge is -2.10. The Morgan fingerprint density at radius 3 is 2.23 bits per heavy atom. The van der Waals surface area contributed by atoms with Gasteiger partial charge in [0.2, 0.25) is 0 Å². The maximum Gasteiger partial charge on any atom is 0.308 e. The molecular weight excluding hydrogens is 396 g/mol. The molecule has 3 aromatic carbocycles. The van der Waals surface area contributed by atoms with E-state index in [1.165, 1.54) is 13.0 Å².